The number of hydrogen-bond acceptors (Lipinski definition) is 4. The Kier molecular flexibility index (Phi) is 7.45. The fraction of sp³-hybridized carbons (Fsp3) is 0.667. The van der Waals surface area contributed by atoms with Crippen LogP contribution in [-0.4, -0.2) is 30.8 Å². The minimum atomic E-state index is 0.474. The van der Waals surface area contributed by atoms with Gasteiger partial charge in [-0.25, -0.2) is 4.98 Å². The van der Waals surface area contributed by atoms with Gasteiger partial charge in [0.05, 0.1) is 6.61 Å². The van der Waals surface area contributed by atoms with Gasteiger partial charge in [-0.3, -0.25) is 0 Å². The van der Waals surface area contributed by atoms with Gasteiger partial charge in [-0.1, -0.05) is 27.7 Å². The lowest BCUT2D eigenvalue weighted by atomic mass is 10.2. The van der Waals surface area contributed by atoms with Crippen LogP contribution < -0.4 is 10.1 Å². The number of hydrogen-bond donors (Lipinski definition) is 1. The summed E-state index contributed by atoms with van der Waals surface area (Å²) in [5, 5.41) is 3.37. The maximum Gasteiger partial charge on any atom is 0.213 e. The Hall–Kier alpha value is -1.13. The predicted octanol–water partition coefficient (Wildman–Crippen LogP) is 2.63. The van der Waals surface area contributed by atoms with E-state index in [9.17, 15) is 0 Å². The molecule has 0 radical (unpaired) electrons. The van der Waals surface area contributed by atoms with Crippen LogP contribution in [0.2, 0.25) is 0 Å². The molecule has 4 nitrogen and oxygen atoms in total. The van der Waals surface area contributed by atoms with Crippen LogP contribution >= 0.6 is 0 Å². The number of pyridine rings is 1. The van der Waals surface area contributed by atoms with Crippen molar-refractivity contribution in [3.8, 4) is 5.88 Å². The first-order chi connectivity index (χ1) is 9.08. The van der Waals surface area contributed by atoms with E-state index >= 15 is 0 Å². The number of rotatable bonds is 9. The average molecular weight is 266 g/mol. The largest absolute Gasteiger partial charge is 0.475 e. The van der Waals surface area contributed by atoms with Crippen LogP contribution in [0.3, 0.4) is 0 Å². The Labute approximate surface area is 116 Å². The predicted molar refractivity (Wildman–Crippen MR) is 77.4 cm³/mol. The van der Waals surface area contributed by atoms with Gasteiger partial charge < -0.3 is 14.8 Å². The summed E-state index contributed by atoms with van der Waals surface area (Å²) in [7, 11) is 0. The van der Waals surface area contributed by atoms with Gasteiger partial charge in [0.2, 0.25) is 5.88 Å². The first kappa shape index (κ1) is 15.9. The van der Waals surface area contributed by atoms with Gasteiger partial charge in [-0.2, -0.15) is 0 Å². The lowest BCUT2D eigenvalue weighted by molar-refractivity contribution is 0.0806. The summed E-state index contributed by atoms with van der Waals surface area (Å²) in [4.78, 5) is 4.19. The van der Waals surface area contributed by atoms with Crippen LogP contribution in [0.1, 0.15) is 33.3 Å². The van der Waals surface area contributed by atoms with Crippen LogP contribution in [-0.2, 0) is 11.3 Å². The topological polar surface area (TPSA) is 43.4 Å². The molecule has 1 rings (SSSR count). The minimum Gasteiger partial charge on any atom is -0.475 e. The maximum atomic E-state index is 5.57. The van der Waals surface area contributed by atoms with Crippen LogP contribution in [0, 0.1) is 5.92 Å². The number of aromatic nitrogens is 1. The molecule has 0 aliphatic carbocycles. The van der Waals surface area contributed by atoms with Gasteiger partial charge in [0, 0.05) is 31.5 Å². The van der Waals surface area contributed by atoms with E-state index in [0.29, 0.717) is 31.1 Å². The van der Waals surface area contributed by atoms with Crippen LogP contribution in [0.5, 0.6) is 5.88 Å². The molecule has 0 saturated heterocycles. The zero-order valence-electron chi connectivity index (χ0n) is 12.5. The molecule has 0 spiro atoms. The molecule has 0 atom stereocenters. The Balaban J connectivity index is 2.27. The zero-order valence-corrected chi connectivity index (χ0v) is 12.5. The van der Waals surface area contributed by atoms with Crippen LogP contribution in [0.4, 0.5) is 0 Å². The summed E-state index contributed by atoms with van der Waals surface area (Å²) in [6, 6.07) is 4.44. The molecule has 1 N–H and O–H groups in total. The third-order valence-electron chi connectivity index (χ3n) is 2.44. The molecule has 19 heavy (non-hydrogen) atoms. The van der Waals surface area contributed by atoms with E-state index in [-0.39, 0.29) is 0 Å². The summed E-state index contributed by atoms with van der Waals surface area (Å²) in [6.07, 6.45) is 1.78. The third kappa shape index (κ3) is 7.80. The fourth-order valence-electron chi connectivity index (χ4n) is 1.49. The fourth-order valence-corrected chi connectivity index (χ4v) is 1.49. The first-order valence-corrected chi connectivity index (χ1v) is 6.96. The highest BCUT2D eigenvalue weighted by molar-refractivity contribution is 5.20. The Morgan fingerprint density at radius 3 is 2.68 bits per heavy atom. The molecule has 0 bridgehead atoms. The lowest BCUT2D eigenvalue weighted by Crippen LogP contribution is -2.21. The second-order valence-electron chi connectivity index (χ2n) is 5.36. The van der Waals surface area contributed by atoms with Crippen LogP contribution in [0.25, 0.3) is 0 Å². The van der Waals surface area contributed by atoms with Crippen molar-refractivity contribution in [3.63, 3.8) is 0 Å². The first-order valence-electron chi connectivity index (χ1n) is 6.96. The SMILES string of the molecule is CC(C)COCCOc1cc(CNC(C)C)ccn1. The highest BCUT2D eigenvalue weighted by Gasteiger charge is 2.00. The van der Waals surface area contributed by atoms with Crippen molar-refractivity contribution < 1.29 is 9.47 Å². The van der Waals surface area contributed by atoms with Gasteiger partial charge in [-0.15, -0.1) is 0 Å². The van der Waals surface area contributed by atoms with E-state index in [1.54, 1.807) is 6.20 Å². The van der Waals surface area contributed by atoms with E-state index < -0.39 is 0 Å². The molecule has 0 amide bonds. The van der Waals surface area contributed by atoms with Crippen molar-refractivity contribution in [2.75, 3.05) is 19.8 Å². The molecule has 0 aliphatic heterocycles. The van der Waals surface area contributed by atoms with Crippen molar-refractivity contribution in [2.45, 2.75) is 40.3 Å². The van der Waals surface area contributed by atoms with Crippen molar-refractivity contribution in [2.24, 2.45) is 5.92 Å². The van der Waals surface area contributed by atoms with Gasteiger partial charge in [-0.05, 0) is 17.5 Å². The molecular formula is C15H26N2O2. The molecule has 108 valence electrons. The van der Waals surface area contributed by atoms with Crippen molar-refractivity contribution in [3.05, 3.63) is 23.9 Å². The standard InChI is InChI=1S/C15H26N2O2/c1-12(2)11-18-7-8-19-15-9-14(5-6-16-15)10-17-13(3)4/h5-6,9,12-13,17H,7-8,10-11H2,1-4H3. The third-order valence-corrected chi connectivity index (χ3v) is 2.44. The molecule has 1 heterocycles. The maximum absolute atomic E-state index is 5.57. The second-order valence-corrected chi connectivity index (χ2v) is 5.36. The number of ether oxygens (including phenoxy) is 2. The van der Waals surface area contributed by atoms with Gasteiger partial charge in [0.15, 0.2) is 0 Å². The number of nitrogens with zero attached hydrogens (tertiary/aromatic N) is 1. The highest BCUT2D eigenvalue weighted by atomic mass is 16.5. The highest BCUT2D eigenvalue weighted by Crippen LogP contribution is 2.09. The molecule has 1 aromatic heterocycles. The Bertz CT molecular complexity index is 354. The molecule has 4 heteroatoms. The molecule has 0 fully saturated rings. The molecule has 1 aromatic rings. The van der Waals surface area contributed by atoms with Gasteiger partial charge in [0.1, 0.15) is 6.61 Å². The second kappa shape index (κ2) is 8.88. The lowest BCUT2D eigenvalue weighted by Gasteiger charge is -2.10. The Morgan fingerprint density at radius 1 is 1.21 bits per heavy atom. The van der Waals surface area contributed by atoms with Crippen molar-refractivity contribution in [1.29, 1.82) is 0 Å². The van der Waals surface area contributed by atoms with Crippen molar-refractivity contribution >= 4 is 0 Å². The van der Waals surface area contributed by atoms with E-state index in [4.69, 9.17) is 9.47 Å². The molecule has 0 aromatic carbocycles. The zero-order chi connectivity index (χ0) is 14.1. The summed E-state index contributed by atoms with van der Waals surface area (Å²) < 4.78 is 11.0. The molecular weight excluding hydrogens is 240 g/mol. The van der Waals surface area contributed by atoms with Crippen LogP contribution in [0.15, 0.2) is 18.3 Å². The van der Waals surface area contributed by atoms with E-state index in [1.165, 1.54) is 5.56 Å². The Morgan fingerprint density at radius 2 is 2.00 bits per heavy atom. The molecule has 0 saturated carbocycles. The minimum absolute atomic E-state index is 0.474. The van der Waals surface area contributed by atoms with Gasteiger partial charge >= 0.3 is 0 Å². The van der Waals surface area contributed by atoms with Crippen molar-refractivity contribution in [1.82, 2.24) is 10.3 Å². The van der Waals surface area contributed by atoms with E-state index in [1.807, 2.05) is 12.1 Å². The van der Waals surface area contributed by atoms with E-state index in [2.05, 4.69) is 38.0 Å². The molecule has 0 aliphatic rings. The smallest absolute Gasteiger partial charge is 0.213 e. The summed E-state index contributed by atoms with van der Waals surface area (Å²) in [5.74, 6) is 1.22. The average Bonchev–Trinajstić information content (AvgIpc) is 2.36. The summed E-state index contributed by atoms with van der Waals surface area (Å²) in [5.41, 5.74) is 1.18. The van der Waals surface area contributed by atoms with Gasteiger partial charge in [0.25, 0.3) is 0 Å². The summed E-state index contributed by atoms with van der Waals surface area (Å²) in [6.45, 7) is 11.3. The number of nitrogens with one attached hydrogen (secondary N) is 1. The molecule has 0 unspecified atom stereocenters. The quantitative estimate of drug-likeness (QED) is 0.698. The normalized spacial score (nSPS) is 11.3. The van der Waals surface area contributed by atoms with E-state index in [0.717, 1.165) is 13.2 Å². The monoisotopic (exact) mass is 266 g/mol. The summed E-state index contributed by atoms with van der Waals surface area (Å²) >= 11 is 0.